The molecule has 0 atom stereocenters. The number of likely N-dealkylation sites (tertiary alicyclic amines) is 1. The summed E-state index contributed by atoms with van der Waals surface area (Å²) in [5, 5.41) is 5.82. The summed E-state index contributed by atoms with van der Waals surface area (Å²) < 4.78 is 0. The van der Waals surface area contributed by atoms with Crippen molar-refractivity contribution in [3.8, 4) is 0 Å². The van der Waals surface area contributed by atoms with Gasteiger partial charge in [0.25, 0.3) is 5.91 Å². The smallest absolute Gasteiger partial charge is 0.253 e. The molecule has 0 bridgehead atoms. The van der Waals surface area contributed by atoms with E-state index >= 15 is 0 Å². The van der Waals surface area contributed by atoms with Crippen LogP contribution in [0, 0.1) is 0 Å². The summed E-state index contributed by atoms with van der Waals surface area (Å²) in [6, 6.07) is 8.81. The molecule has 1 aromatic carbocycles. The van der Waals surface area contributed by atoms with Crippen LogP contribution in [-0.4, -0.2) is 35.8 Å². The van der Waals surface area contributed by atoms with Gasteiger partial charge >= 0.3 is 0 Å². The number of carbonyl (C=O) groups excluding carboxylic acids is 2. The zero-order chi connectivity index (χ0) is 17.8. The van der Waals surface area contributed by atoms with Crippen LogP contribution in [0.2, 0.25) is 10.0 Å². The highest BCUT2D eigenvalue weighted by molar-refractivity contribution is 7.10. The lowest BCUT2D eigenvalue weighted by molar-refractivity contribution is -0.131. The standard InChI is InChI=1S/C18H18Cl2N2O2S/c19-12-3-4-15(16(20)10-12)18(24)21-13-5-7-22(8-6-13)17(23)11-14-2-1-9-25-14/h1-4,9-10,13H,5-8,11H2,(H,21,24). The second-order valence-corrected chi connectivity index (χ2v) is 7.88. The van der Waals surface area contributed by atoms with Crippen LogP contribution in [0.5, 0.6) is 0 Å². The van der Waals surface area contributed by atoms with Gasteiger partial charge in [-0.2, -0.15) is 0 Å². The number of amides is 2. The van der Waals surface area contributed by atoms with E-state index in [2.05, 4.69) is 5.32 Å². The maximum absolute atomic E-state index is 12.4. The van der Waals surface area contributed by atoms with Crippen molar-refractivity contribution in [2.45, 2.75) is 25.3 Å². The lowest BCUT2D eigenvalue weighted by Gasteiger charge is -2.32. The van der Waals surface area contributed by atoms with Gasteiger partial charge in [-0.3, -0.25) is 9.59 Å². The zero-order valence-corrected chi connectivity index (χ0v) is 15.8. The molecule has 2 aromatic rings. The molecule has 0 aliphatic carbocycles. The van der Waals surface area contributed by atoms with Gasteiger partial charge in [-0.1, -0.05) is 29.3 Å². The Labute approximate surface area is 160 Å². The van der Waals surface area contributed by atoms with Gasteiger partial charge in [-0.25, -0.2) is 0 Å². The normalized spacial score (nSPS) is 15.2. The molecule has 1 aromatic heterocycles. The summed E-state index contributed by atoms with van der Waals surface area (Å²) in [5.41, 5.74) is 0.419. The molecule has 0 saturated carbocycles. The Kier molecular flexibility index (Phi) is 5.99. The molecule has 1 aliphatic heterocycles. The molecule has 1 N–H and O–H groups in total. The van der Waals surface area contributed by atoms with E-state index in [1.54, 1.807) is 29.5 Å². The van der Waals surface area contributed by atoms with Crippen LogP contribution < -0.4 is 5.32 Å². The molecule has 0 spiro atoms. The molecule has 1 saturated heterocycles. The first kappa shape index (κ1) is 18.2. The average molecular weight is 397 g/mol. The minimum Gasteiger partial charge on any atom is -0.349 e. The number of rotatable bonds is 4. The van der Waals surface area contributed by atoms with Crippen molar-refractivity contribution in [3.05, 3.63) is 56.2 Å². The van der Waals surface area contributed by atoms with Crippen molar-refractivity contribution in [1.82, 2.24) is 10.2 Å². The maximum atomic E-state index is 12.4. The van der Waals surface area contributed by atoms with Gasteiger partial charge < -0.3 is 10.2 Å². The predicted octanol–water partition coefficient (Wildman–Crippen LogP) is 4.02. The third kappa shape index (κ3) is 4.75. The number of hydrogen-bond donors (Lipinski definition) is 1. The number of thiophene rings is 1. The van der Waals surface area contributed by atoms with Crippen LogP contribution in [0.15, 0.2) is 35.7 Å². The summed E-state index contributed by atoms with van der Waals surface area (Å²) in [7, 11) is 0. The van der Waals surface area contributed by atoms with Gasteiger partial charge in [-0.15, -0.1) is 11.3 Å². The van der Waals surface area contributed by atoms with Crippen LogP contribution in [0.1, 0.15) is 28.1 Å². The van der Waals surface area contributed by atoms with Crippen molar-refractivity contribution >= 4 is 46.4 Å². The van der Waals surface area contributed by atoms with Gasteiger partial charge in [0.2, 0.25) is 5.91 Å². The fourth-order valence-electron chi connectivity index (χ4n) is 2.88. The molecule has 0 radical (unpaired) electrons. The number of halogens is 2. The lowest BCUT2D eigenvalue weighted by Crippen LogP contribution is -2.47. The van der Waals surface area contributed by atoms with Gasteiger partial charge in [0.15, 0.2) is 0 Å². The second-order valence-electron chi connectivity index (χ2n) is 6.01. The third-order valence-electron chi connectivity index (χ3n) is 4.26. The van der Waals surface area contributed by atoms with Crippen molar-refractivity contribution in [2.24, 2.45) is 0 Å². The SMILES string of the molecule is O=C(NC1CCN(C(=O)Cc2cccs2)CC1)c1ccc(Cl)cc1Cl. The molecule has 2 heterocycles. The summed E-state index contributed by atoms with van der Waals surface area (Å²) in [6.45, 7) is 1.31. The Hall–Kier alpha value is -1.56. The number of piperidine rings is 1. The summed E-state index contributed by atoms with van der Waals surface area (Å²) in [5.74, 6) is -0.0574. The summed E-state index contributed by atoms with van der Waals surface area (Å²) >= 11 is 13.5. The minimum atomic E-state index is -0.204. The number of nitrogens with zero attached hydrogens (tertiary/aromatic N) is 1. The molecule has 4 nitrogen and oxygen atoms in total. The maximum Gasteiger partial charge on any atom is 0.253 e. The Morgan fingerprint density at radius 2 is 1.96 bits per heavy atom. The van der Waals surface area contributed by atoms with Gasteiger partial charge in [0, 0.05) is 29.0 Å². The third-order valence-corrected chi connectivity index (χ3v) is 5.69. The molecule has 25 heavy (non-hydrogen) atoms. The highest BCUT2D eigenvalue weighted by atomic mass is 35.5. The molecule has 2 amide bonds. The lowest BCUT2D eigenvalue weighted by atomic mass is 10.0. The second kappa shape index (κ2) is 8.21. The Morgan fingerprint density at radius 1 is 1.20 bits per heavy atom. The Balaban J connectivity index is 1.50. The van der Waals surface area contributed by atoms with E-state index in [0.29, 0.717) is 35.1 Å². The fraction of sp³-hybridized carbons (Fsp3) is 0.333. The largest absolute Gasteiger partial charge is 0.349 e. The van der Waals surface area contributed by atoms with Crippen LogP contribution in [-0.2, 0) is 11.2 Å². The van der Waals surface area contributed by atoms with E-state index in [1.165, 1.54) is 0 Å². The Bertz CT molecular complexity index is 756. The Morgan fingerprint density at radius 3 is 2.60 bits per heavy atom. The van der Waals surface area contributed by atoms with Crippen LogP contribution in [0.3, 0.4) is 0 Å². The molecule has 132 valence electrons. The highest BCUT2D eigenvalue weighted by Gasteiger charge is 2.24. The van der Waals surface area contributed by atoms with Crippen molar-refractivity contribution in [2.75, 3.05) is 13.1 Å². The molecule has 1 fully saturated rings. The number of carbonyl (C=O) groups is 2. The molecule has 3 rings (SSSR count). The summed E-state index contributed by atoms with van der Waals surface area (Å²) in [4.78, 5) is 27.6. The highest BCUT2D eigenvalue weighted by Crippen LogP contribution is 2.22. The first-order valence-electron chi connectivity index (χ1n) is 8.09. The van der Waals surface area contributed by atoms with Crippen LogP contribution >= 0.6 is 34.5 Å². The van der Waals surface area contributed by atoms with E-state index in [0.717, 1.165) is 17.7 Å². The molecule has 0 unspecified atom stereocenters. The van der Waals surface area contributed by atoms with E-state index < -0.39 is 0 Å². The molecule has 1 aliphatic rings. The fourth-order valence-corrected chi connectivity index (χ4v) is 4.07. The van der Waals surface area contributed by atoms with Gasteiger partial charge in [0.1, 0.15) is 0 Å². The quantitative estimate of drug-likeness (QED) is 0.847. The number of benzene rings is 1. The van der Waals surface area contributed by atoms with E-state index in [1.807, 2.05) is 22.4 Å². The molecular weight excluding hydrogens is 379 g/mol. The van der Waals surface area contributed by atoms with Crippen molar-refractivity contribution in [1.29, 1.82) is 0 Å². The van der Waals surface area contributed by atoms with E-state index in [4.69, 9.17) is 23.2 Å². The average Bonchev–Trinajstić information content (AvgIpc) is 3.08. The molecule has 7 heteroatoms. The van der Waals surface area contributed by atoms with Crippen molar-refractivity contribution < 1.29 is 9.59 Å². The minimum absolute atomic E-state index is 0.0463. The summed E-state index contributed by atoms with van der Waals surface area (Å²) in [6.07, 6.45) is 1.94. The number of hydrogen-bond acceptors (Lipinski definition) is 3. The van der Waals surface area contributed by atoms with Crippen LogP contribution in [0.25, 0.3) is 0 Å². The van der Waals surface area contributed by atoms with Crippen molar-refractivity contribution in [3.63, 3.8) is 0 Å². The van der Waals surface area contributed by atoms with E-state index in [-0.39, 0.29) is 17.9 Å². The van der Waals surface area contributed by atoms with E-state index in [9.17, 15) is 9.59 Å². The zero-order valence-electron chi connectivity index (χ0n) is 13.5. The first-order chi connectivity index (χ1) is 12.0. The number of nitrogens with one attached hydrogen (secondary N) is 1. The van der Waals surface area contributed by atoms with Crippen LogP contribution in [0.4, 0.5) is 0 Å². The molecular formula is C18H18Cl2N2O2S. The first-order valence-corrected chi connectivity index (χ1v) is 9.72. The topological polar surface area (TPSA) is 49.4 Å². The monoisotopic (exact) mass is 396 g/mol. The van der Waals surface area contributed by atoms with Gasteiger partial charge in [-0.05, 0) is 42.5 Å². The predicted molar refractivity (Wildman–Crippen MR) is 102 cm³/mol. The van der Waals surface area contributed by atoms with Gasteiger partial charge in [0.05, 0.1) is 17.0 Å².